The van der Waals surface area contributed by atoms with Crippen molar-refractivity contribution in [3.8, 4) is 0 Å². The molecule has 1 aliphatic heterocycles. The van der Waals surface area contributed by atoms with Gasteiger partial charge in [0.2, 0.25) is 5.91 Å². The molecule has 92 valence electrons. The second-order valence-electron chi connectivity index (χ2n) is 5.62. The van der Waals surface area contributed by atoms with Crippen molar-refractivity contribution in [2.75, 3.05) is 13.1 Å². The molecule has 0 aromatic rings. The number of nitrogens with zero attached hydrogens (tertiary/aromatic N) is 1. The molecular formula is C13H24N2O. The predicted octanol–water partition coefficient (Wildman–Crippen LogP) is 1.98. The van der Waals surface area contributed by atoms with Gasteiger partial charge in [0.25, 0.3) is 0 Å². The molecule has 0 aromatic heterocycles. The average molecular weight is 224 g/mol. The molecule has 1 amide bonds. The van der Waals surface area contributed by atoms with E-state index >= 15 is 0 Å². The molecule has 16 heavy (non-hydrogen) atoms. The first-order valence-electron chi connectivity index (χ1n) is 6.71. The summed E-state index contributed by atoms with van der Waals surface area (Å²) in [5.74, 6) is 1.55. The van der Waals surface area contributed by atoms with Crippen molar-refractivity contribution in [2.45, 2.75) is 52.1 Å². The van der Waals surface area contributed by atoms with Crippen LogP contribution in [0.25, 0.3) is 0 Å². The van der Waals surface area contributed by atoms with Crippen LogP contribution < -0.4 is 5.32 Å². The highest BCUT2D eigenvalue weighted by Crippen LogP contribution is 2.26. The standard InChI is InChI=1S/C13H24N2O/c1-10(2)13-14-8-12(16)15(13)9-11-6-4-3-5-7-11/h10-11,13-14H,3-9H2,1-2H3. The molecule has 3 heteroatoms. The zero-order chi connectivity index (χ0) is 11.5. The number of rotatable bonds is 3. The maximum Gasteiger partial charge on any atom is 0.237 e. The summed E-state index contributed by atoms with van der Waals surface area (Å²) in [4.78, 5) is 13.9. The number of amides is 1. The van der Waals surface area contributed by atoms with Crippen molar-refractivity contribution in [1.29, 1.82) is 0 Å². The fourth-order valence-corrected chi connectivity index (χ4v) is 3.02. The number of hydrogen-bond acceptors (Lipinski definition) is 2. The third-order valence-electron chi connectivity index (χ3n) is 3.93. The lowest BCUT2D eigenvalue weighted by molar-refractivity contribution is -0.129. The van der Waals surface area contributed by atoms with Gasteiger partial charge in [-0.05, 0) is 24.7 Å². The van der Waals surface area contributed by atoms with Crippen LogP contribution in [0.15, 0.2) is 0 Å². The van der Waals surface area contributed by atoms with Crippen LogP contribution in [-0.2, 0) is 4.79 Å². The van der Waals surface area contributed by atoms with Crippen molar-refractivity contribution in [3.05, 3.63) is 0 Å². The minimum Gasteiger partial charge on any atom is -0.326 e. The van der Waals surface area contributed by atoms with Gasteiger partial charge >= 0.3 is 0 Å². The molecule has 0 spiro atoms. The Bertz CT molecular complexity index is 246. The fraction of sp³-hybridized carbons (Fsp3) is 0.923. The van der Waals surface area contributed by atoms with Gasteiger partial charge < -0.3 is 4.90 Å². The van der Waals surface area contributed by atoms with Crippen molar-refractivity contribution in [3.63, 3.8) is 0 Å². The maximum atomic E-state index is 11.8. The van der Waals surface area contributed by atoms with E-state index in [2.05, 4.69) is 24.1 Å². The Labute approximate surface area is 98.6 Å². The van der Waals surface area contributed by atoms with Crippen LogP contribution in [0.4, 0.5) is 0 Å². The molecule has 0 bridgehead atoms. The minimum absolute atomic E-state index is 0.273. The number of nitrogens with one attached hydrogen (secondary N) is 1. The van der Waals surface area contributed by atoms with Crippen LogP contribution in [0.2, 0.25) is 0 Å². The van der Waals surface area contributed by atoms with Gasteiger partial charge in [0.1, 0.15) is 0 Å². The molecular weight excluding hydrogens is 200 g/mol. The van der Waals surface area contributed by atoms with E-state index < -0.39 is 0 Å². The van der Waals surface area contributed by atoms with Gasteiger partial charge in [-0.15, -0.1) is 0 Å². The largest absolute Gasteiger partial charge is 0.326 e. The Morgan fingerprint density at radius 1 is 1.31 bits per heavy atom. The van der Waals surface area contributed by atoms with Crippen molar-refractivity contribution in [2.24, 2.45) is 11.8 Å². The molecule has 0 aromatic carbocycles. The van der Waals surface area contributed by atoms with Crippen molar-refractivity contribution in [1.82, 2.24) is 10.2 Å². The van der Waals surface area contributed by atoms with Crippen molar-refractivity contribution < 1.29 is 4.79 Å². The second kappa shape index (κ2) is 5.17. The van der Waals surface area contributed by atoms with Gasteiger partial charge in [0, 0.05) is 6.54 Å². The molecule has 1 saturated carbocycles. The van der Waals surface area contributed by atoms with Crippen LogP contribution in [0, 0.1) is 11.8 Å². The first-order chi connectivity index (χ1) is 7.68. The van der Waals surface area contributed by atoms with Crippen LogP contribution in [0.5, 0.6) is 0 Å². The number of carbonyl (C=O) groups is 1. The molecule has 1 atom stereocenters. The summed E-state index contributed by atoms with van der Waals surface area (Å²) in [7, 11) is 0. The van der Waals surface area contributed by atoms with Crippen LogP contribution in [-0.4, -0.2) is 30.1 Å². The normalized spacial score (nSPS) is 28.1. The quantitative estimate of drug-likeness (QED) is 0.795. The Balaban J connectivity index is 1.92. The summed E-state index contributed by atoms with van der Waals surface area (Å²) in [6, 6.07) is 0. The van der Waals surface area contributed by atoms with Crippen LogP contribution in [0.1, 0.15) is 46.0 Å². The van der Waals surface area contributed by atoms with E-state index in [0.717, 1.165) is 12.5 Å². The Kier molecular flexibility index (Phi) is 3.85. The monoisotopic (exact) mass is 224 g/mol. The van der Waals surface area contributed by atoms with Gasteiger partial charge in [-0.1, -0.05) is 33.1 Å². The summed E-state index contributed by atoms with van der Waals surface area (Å²) in [6.07, 6.45) is 6.99. The topological polar surface area (TPSA) is 32.3 Å². The van der Waals surface area contributed by atoms with E-state index in [9.17, 15) is 4.79 Å². The van der Waals surface area contributed by atoms with E-state index in [1.54, 1.807) is 0 Å². The van der Waals surface area contributed by atoms with Crippen LogP contribution in [0.3, 0.4) is 0 Å². The highest BCUT2D eigenvalue weighted by atomic mass is 16.2. The molecule has 1 N–H and O–H groups in total. The van der Waals surface area contributed by atoms with Gasteiger partial charge in [0.15, 0.2) is 0 Å². The Morgan fingerprint density at radius 3 is 2.62 bits per heavy atom. The third kappa shape index (κ3) is 2.57. The van der Waals surface area contributed by atoms with E-state index in [1.807, 2.05) is 0 Å². The second-order valence-corrected chi connectivity index (χ2v) is 5.62. The average Bonchev–Trinajstić information content (AvgIpc) is 2.62. The molecule has 1 aliphatic carbocycles. The van der Waals surface area contributed by atoms with Gasteiger partial charge in [0.05, 0.1) is 12.7 Å². The summed E-state index contributed by atoms with van der Waals surface area (Å²) in [5.41, 5.74) is 0. The van der Waals surface area contributed by atoms with Gasteiger partial charge in [-0.3, -0.25) is 10.1 Å². The molecule has 1 saturated heterocycles. The number of hydrogen-bond donors (Lipinski definition) is 1. The summed E-state index contributed by atoms with van der Waals surface area (Å²) in [6.45, 7) is 5.89. The number of carbonyl (C=O) groups excluding carboxylic acids is 1. The lowest BCUT2D eigenvalue weighted by Gasteiger charge is -2.32. The summed E-state index contributed by atoms with van der Waals surface area (Å²) >= 11 is 0. The van der Waals surface area contributed by atoms with E-state index in [4.69, 9.17) is 0 Å². The lowest BCUT2D eigenvalue weighted by atomic mass is 9.88. The molecule has 3 nitrogen and oxygen atoms in total. The smallest absolute Gasteiger partial charge is 0.237 e. The first kappa shape index (κ1) is 11.9. The third-order valence-corrected chi connectivity index (χ3v) is 3.93. The lowest BCUT2D eigenvalue weighted by Crippen LogP contribution is -2.44. The molecule has 2 fully saturated rings. The van der Waals surface area contributed by atoms with E-state index in [0.29, 0.717) is 18.4 Å². The van der Waals surface area contributed by atoms with E-state index in [-0.39, 0.29) is 6.17 Å². The molecule has 2 rings (SSSR count). The van der Waals surface area contributed by atoms with Crippen molar-refractivity contribution >= 4 is 5.91 Å². The predicted molar refractivity (Wildman–Crippen MR) is 64.9 cm³/mol. The SMILES string of the molecule is CC(C)C1NCC(=O)N1CC1CCCCC1. The zero-order valence-corrected chi connectivity index (χ0v) is 10.5. The van der Waals surface area contributed by atoms with E-state index in [1.165, 1.54) is 32.1 Å². The zero-order valence-electron chi connectivity index (χ0n) is 10.5. The fourth-order valence-electron chi connectivity index (χ4n) is 3.02. The molecule has 2 aliphatic rings. The highest BCUT2D eigenvalue weighted by molar-refractivity contribution is 5.80. The maximum absolute atomic E-state index is 11.8. The summed E-state index contributed by atoms with van der Waals surface area (Å²) < 4.78 is 0. The summed E-state index contributed by atoms with van der Waals surface area (Å²) in [5, 5.41) is 3.32. The first-order valence-corrected chi connectivity index (χ1v) is 6.71. The molecule has 1 unspecified atom stereocenters. The highest BCUT2D eigenvalue weighted by Gasteiger charge is 2.33. The Hall–Kier alpha value is -0.570. The minimum atomic E-state index is 0.273. The van der Waals surface area contributed by atoms with Crippen LogP contribution >= 0.6 is 0 Å². The van der Waals surface area contributed by atoms with Gasteiger partial charge in [-0.25, -0.2) is 0 Å². The Morgan fingerprint density at radius 2 is 2.00 bits per heavy atom. The van der Waals surface area contributed by atoms with Gasteiger partial charge in [-0.2, -0.15) is 0 Å². The molecule has 0 radical (unpaired) electrons. The molecule has 1 heterocycles.